The van der Waals surface area contributed by atoms with Crippen LogP contribution in [0.2, 0.25) is 0 Å². The van der Waals surface area contributed by atoms with Crippen molar-refractivity contribution in [1.29, 1.82) is 0 Å². The van der Waals surface area contributed by atoms with E-state index in [1.54, 1.807) is 37.1 Å². The maximum absolute atomic E-state index is 13.6. The first-order valence-corrected chi connectivity index (χ1v) is 7.08. The van der Waals surface area contributed by atoms with Crippen molar-refractivity contribution in [1.82, 2.24) is 4.90 Å². The van der Waals surface area contributed by atoms with Crippen molar-refractivity contribution < 1.29 is 18.0 Å². The summed E-state index contributed by atoms with van der Waals surface area (Å²) in [5.41, 5.74) is 0.366. The molecule has 122 valence electrons. The molecule has 2 aromatic carbocycles. The molecule has 0 fully saturated rings. The van der Waals surface area contributed by atoms with Crippen molar-refractivity contribution >= 4 is 11.6 Å². The first-order valence-electron chi connectivity index (χ1n) is 7.08. The summed E-state index contributed by atoms with van der Waals surface area (Å²) in [5.74, 6) is -2.38. The molecule has 2 aromatic rings. The molecule has 0 spiro atoms. The number of halogens is 3. The minimum absolute atomic E-state index is 0.0949. The van der Waals surface area contributed by atoms with Crippen LogP contribution in [-0.2, 0) is 11.3 Å². The minimum atomic E-state index is -0.845. The minimum Gasteiger partial charge on any atom is -0.322 e. The van der Waals surface area contributed by atoms with E-state index in [2.05, 4.69) is 5.32 Å². The molecule has 1 atom stereocenters. The topological polar surface area (TPSA) is 32.3 Å². The predicted octanol–water partition coefficient (Wildman–Crippen LogP) is 3.56. The zero-order valence-electron chi connectivity index (χ0n) is 12.8. The van der Waals surface area contributed by atoms with E-state index < -0.39 is 23.6 Å². The van der Waals surface area contributed by atoms with Gasteiger partial charge in [0.25, 0.3) is 0 Å². The van der Waals surface area contributed by atoms with Gasteiger partial charge in [0.1, 0.15) is 17.5 Å². The third-order valence-corrected chi connectivity index (χ3v) is 3.61. The van der Waals surface area contributed by atoms with E-state index in [9.17, 15) is 18.0 Å². The average molecular weight is 322 g/mol. The number of benzene rings is 2. The number of carbonyl (C=O) groups excluding carboxylic acids is 1. The zero-order chi connectivity index (χ0) is 17.0. The van der Waals surface area contributed by atoms with Crippen molar-refractivity contribution in [3.8, 4) is 0 Å². The van der Waals surface area contributed by atoms with Gasteiger partial charge in [-0.25, -0.2) is 13.2 Å². The van der Waals surface area contributed by atoms with Crippen LogP contribution in [0.3, 0.4) is 0 Å². The summed E-state index contributed by atoms with van der Waals surface area (Å²) in [6.07, 6.45) is 0. The van der Waals surface area contributed by atoms with Gasteiger partial charge in [0.2, 0.25) is 5.91 Å². The Kier molecular flexibility index (Phi) is 5.39. The standard InChI is InChI=1S/C17H17F3N2O/c1-11(22(2)10-12-5-3-4-6-14(12)19)17(23)21-16-8-7-13(18)9-15(16)20/h3-9,11H,10H2,1-2H3,(H,21,23). The second kappa shape index (κ2) is 7.28. The van der Waals surface area contributed by atoms with Crippen LogP contribution < -0.4 is 5.32 Å². The monoisotopic (exact) mass is 322 g/mol. The fourth-order valence-corrected chi connectivity index (χ4v) is 2.06. The molecule has 0 aliphatic carbocycles. The Balaban J connectivity index is 2.02. The van der Waals surface area contributed by atoms with Crippen LogP contribution in [0.4, 0.5) is 18.9 Å². The molecule has 6 heteroatoms. The van der Waals surface area contributed by atoms with Gasteiger partial charge in [-0.2, -0.15) is 0 Å². The fraction of sp³-hybridized carbons (Fsp3) is 0.235. The van der Waals surface area contributed by atoms with Gasteiger partial charge in [-0.15, -0.1) is 0 Å². The molecule has 0 aliphatic heterocycles. The average Bonchev–Trinajstić information content (AvgIpc) is 2.51. The van der Waals surface area contributed by atoms with Gasteiger partial charge in [-0.1, -0.05) is 18.2 Å². The third kappa shape index (κ3) is 4.32. The molecule has 2 rings (SSSR count). The molecule has 0 saturated carbocycles. The second-order valence-electron chi connectivity index (χ2n) is 5.30. The van der Waals surface area contributed by atoms with Crippen LogP contribution in [0.25, 0.3) is 0 Å². The molecule has 23 heavy (non-hydrogen) atoms. The Morgan fingerprint density at radius 2 is 1.83 bits per heavy atom. The summed E-state index contributed by atoms with van der Waals surface area (Å²) in [4.78, 5) is 13.8. The zero-order valence-corrected chi connectivity index (χ0v) is 12.8. The van der Waals surface area contributed by atoms with Crippen molar-refractivity contribution in [3.05, 3.63) is 65.5 Å². The molecular formula is C17H17F3N2O. The van der Waals surface area contributed by atoms with Crippen molar-refractivity contribution in [2.75, 3.05) is 12.4 Å². The lowest BCUT2D eigenvalue weighted by Crippen LogP contribution is -2.39. The number of rotatable bonds is 5. The first-order chi connectivity index (χ1) is 10.9. The highest BCUT2D eigenvalue weighted by atomic mass is 19.1. The first kappa shape index (κ1) is 17.0. The second-order valence-corrected chi connectivity index (χ2v) is 5.30. The number of anilines is 1. The number of hydrogen-bond acceptors (Lipinski definition) is 2. The van der Waals surface area contributed by atoms with Crippen molar-refractivity contribution in [2.45, 2.75) is 19.5 Å². The van der Waals surface area contributed by atoms with Gasteiger partial charge < -0.3 is 5.32 Å². The molecule has 1 unspecified atom stereocenters. The van der Waals surface area contributed by atoms with E-state index in [4.69, 9.17) is 0 Å². The highest BCUT2D eigenvalue weighted by Gasteiger charge is 2.20. The number of carbonyl (C=O) groups is 1. The highest BCUT2D eigenvalue weighted by Crippen LogP contribution is 2.16. The van der Waals surface area contributed by atoms with E-state index in [0.29, 0.717) is 11.6 Å². The van der Waals surface area contributed by atoms with Crippen LogP contribution >= 0.6 is 0 Å². The Labute approximate surface area is 132 Å². The molecule has 0 saturated heterocycles. The van der Waals surface area contributed by atoms with Crippen LogP contribution in [0, 0.1) is 17.5 Å². The van der Waals surface area contributed by atoms with Gasteiger partial charge in [0.05, 0.1) is 11.7 Å². The molecule has 0 aromatic heterocycles. The Bertz CT molecular complexity index is 706. The van der Waals surface area contributed by atoms with Gasteiger partial charge in [0.15, 0.2) is 0 Å². The quantitative estimate of drug-likeness (QED) is 0.913. The normalized spacial score (nSPS) is 12.3. The number of nitrogens with zero attached hydrogens (tertiary/aromatic N) is 1. The maximum atomic E-state index is 13.6. The summed E-state index contributed by atoms with van der Waals surface area (Å²) in [6.45, 7) is 1.85. The Morgan fingerprint density at radius 1 is 1.13 bits per heavy atom. The van der Waals surface area contributed by atoms with Crippen LogP contribution in [-0.4, -0.2) is 23.9 Å². The summed E-state index contributed by atoms with van der Waals surface area (Å²) in [6, 6.07) is 8.58. The SMILES string of the molecule is CC(C(=O)Nc1ccc(F)cc1F)N(C)Cc1ccccc1F. The lowest BCUT2D eigenvalue weighted by Gasteiger charge is -2.24. The van der Waals surface area contributed by atoms with Crippen LogP contribution in [0.1, 0.15) is 12.5 Å². The number of nitrogens with one attached hydrogen (secondary N) is 1. The Morgan fingerprint density at radius 3 is 2.48 bits per heavy atom. The summed E-state index contributed by atoms with van der Waals surface area (Å²) in [5, 5.41) is 2.40. The largest absolute Gasteiger partial charge is 0.322 e. The van der Waals surface area contributed by atoms with E-state index in [1.165, 1.54) is 6.07 Å². The fourth-order valence-electron chi connectivity index (χ4n) is 2.06. The number of amides is 1. The van der Waals surface area contributed by atoms with Crippen molar-refractivity contribution in [3.63, 3.8) is 0 Å². The molecule has 0 bridgehead atoms. The lowest BCUT2D eigenvalue weighted by atomic mass is 10.1. The van der Waals surface area contributed by atoms with Gasteiger partial charge in [-0.3, -0.25) is 9.69 Å². The molecular weight excluding hydrogens is 305 g/mol. The highest BCUT2D eigenvalue weighted by molar-refractivity contribution is 5.94. The maximum Gasteiger partial charge on any atom is 0.241 e. The van der Waals surface area contributed by atoms with E-state index >= 15 is 0 Å². The number of hydrogen-bond donors (Lipinski definition) is 1. The molecule has 0 heterocycles. The Hall–Kier alpha value is -2.34. The van der Waals surface area contributed by atoms with Gasteiger partial charge >= 0.3 is 0 Å². The summed E-state index contributed by atoms with van der Waals surface area (Å²) in [7, 11) is 1.66. The van der Waals surface area contributed by atoms with E-state index in [1.807, 2.05) is 0 Å². The predicted molar refractivity (Wildman–Crippen MR) is 82.3 cm³/mol. The summed E-state index contributed by atoms with van der Waals surface area (Å²) >= 11 is 0. The molecule has 0 aliphatic rings. The number of likely N-dealkylation sites (N-methyl/N-ethyl adjacent to an activating group) is 1. The molecule has 1 N–H and O–H groups in total. The molecule has 3 nitrogen and oxygen atoms in total. The van der Waals surface area contributed by atoms with Crippen LogP contribution in [0.15, 0.2) is 42.5 Å². The van der Waals surface area contributed by atoms with Gasteiger partial charge in [0, 0.05) is 18.2 Å². The van der Waals surface area contributed by atoms with Crippen LogP contribution in [0.5, 0.6) is 0 Å². The van der Waals surface area contributed by atoms with Crippen molar-refractivity contribution in [2.24, 2.45) is 0 Å². The molecule has 1 amide bonds. The smallest absolute Gasteiger partial charge is 0.241 e. The third-order valence-electron chi connectivity index (χ3n) is 3.61. The molecule has 0 radical (unpaired) electrons. The lowest BCUT2D eigenvalue weighted by molar-refractivity contribution is -0.120. The summed E-state index contributed by atoms with van der Waals surface area (Å²) < 4.78 is 40.1. The van der Waals surface area contributed by atoms with E-state index in [-0.39, 0.29) is 18.0 Å². The van der Waals surface area contributed by atoms with Gasteiger partial charge in [-0.05, 0) is 32.2 Å². The van der Waals surface area contributed by atoms with E-state index in [0.717, 1.165) is 12.1 Å².